The molecule has 1 saturated carbocycles. The average Bonchev–Trinajstić information content (AvgIpc) is 2.64. The monoisotopic (exact) mass is 343 g/mol. The summed E-state index contributed by atoms with van der Waals surface area (Å²) in [5, 5.41) is 6.18. The minimum absolute atomic E-state index is 0.0159. The number of para-hydroxylation sites is 1. The molecular formula is C20H29N3O2. The lowest BCUT2D eigenvalue weighted by atomic mass is 9.86. The van der Waals surface area contributed by atoms with E-state index in [0.29, 0.717) is 25.0 Å². The molecule has 5 heteroatoms. The molecule has 1 aliphatic carbocycles. The van der Waals surface area contributed by atoms with E-state index in [4.69, 9.17) is 0 Å². The molecule has 2 aliphatic rings. The van der Waals surface area contributed by atoms with Crippen molar-refractivity contribution in [3.05, 3.63) is 30.3 Å². The number of rotatable bonds is 3. The zero-order chi connectivity index (χ0) is 17.6. The fraction of sp³-hybridized carbons (Fsp3) is 0.600. The second-order valence-electron chi connectivity index (χ2n) is 7.43. The van der Waals surface area contributed by atoms with Crippen LogP contribution in [0.5, 0.6) is 0 Å². The summed E-state index contributed by atoms with van der Waals surface area (Å²) in [5.41, 5.74) is 0.832. The van der Waals surface area contributed by atoms with E-state index < -0.39 is 0 Å². The van der Waals surface area contributed by atoms with Crippen LogP contribution in [-0.2, 0) is 4.79 Å². The molecule has 1 saturated heterocycles. The number of anilines is 1. The van der Waals surface area contributed by atoms with Crippen LogP contribution in [0.1, 0.15) is 45.4 Å². The van der Waals surface area contributed by atoms with E-state index in [2.05, 4.69) is 17.6 Å². The van der Waals surface area contributed by atoms with Gasteiger partial charge in [0.25, 0.3) is 0 Å². The van der Waals surface area contributed by atoms with Gasteiger partial charge in [-0.05, 0) is 43.7 Å². The minimum atomic E-state index is -0.0159. The van der Waals surface area contributed by atoms with Crippen molar-refractivity contribution in [2.45, 2.75) is 51.5 Å². The number of urea groups is 1. The maximum atomic E-state index is 12.5. The summed E-state index contributed by atoms with van der Waals surface area (Å²) in [6.07, 6.45) is 6.22. The van der Waals surface area contributed by atoms with Crippen molar-refractivity contribution < 1.29 is 9.59 Å². The number of carbonyl (C=O) groups excluding carboxylic acids is 2. The number of hydrogen-bond donors (Lipinski definition) is 2. The van der Waals surface area contributed by atoms with Gasteiger partial charge in [0.05, 0.1) is 0 Å². The van der Waals surface area contributed by atoms with Crippen molar-refractivity contribution in [2.24, 2.45) is 11.8 Å². The van der Waals surface area contributed by atoms with E-state index in [1.54, 1.807) is 0 Å². The standard InChI is InChI=1S/C20H29N3O2/c1-15-7-5-6-10-18(15)22-20(25)23-13-11-16(12-14-23)19(24)21-17-8-3-2-4-9-17/h2-4,8-9,15-16,18H,5-7,10-14H2,1H3,(H,21,24)(H,22,25). The normalized spacial score (nSPS) is 24.6. The lowest BCUT2D eigenvalue weighted by molar-refractivity contribution is -0.121. The van der Waals surface area contributed by atoms with Crippen LogP contribution in [0.4, 0.5) is 10.5 Å². The Morgan fingerprint density at radius 1 is 1.00 bits per heavy atom. The molecule has 2 N–H and O–H groups in total. The van der Waals surface area contributed by atoms with Crippen LogP contribution >= 0.6 is 0 Å². The van der Waals surface area contributed by atoms with Crippen LogP contribution in [0.25, 0.3) is 0 Å². The number of nitrogens with one attached hydrogen (secondary N) is 2. The number of hydrogen-bond acceptors (Lipinski definition) is 2. The third kappa shape index (κ3) is 4.74. The summed E-state index contributed by atoms with van der Waals surface area (Å²) in [6.45, 7) is 3.53. The SMILES string of the molecule is CC1CCCCC1NC(=O)N1CCC(C(=O)Nc2ccccc2)CC1. The van der Waals surface area contributed by atoms with Gasteiger partial charge >= 0.3 is 6.03 Å². The van der Waals surface area contributed by atoms with Crippen molar-refractivity contribution in [3.8, 4) is 0 Å². The lowest BCUT2D eigenvalue weighted by Gasteiger charge is -2.35. The topological polar surface area (TPSA) is 61.4 Å². The van der Waals surface area contributed by atoms with Gasteiger partial charge in [-0.25, -0.2) is 4.79 Å². The van der Waals surface area contributed by atoms with Gasteiger partial charge in [-0.15, -0.1) is 0 Å². The highest BCUT2D eigenvalue weighted by atomic mass is 16.2. The number of nitrogens with zero attached hydrogens (tertiary/aromatic N) is 1. The minimum Gasteiger partial charge on any atom is -0.335 e. The molecule has 1 aliphatic heterocycles. The fourth-order valence-electron chi connectivity index (χ4n) is 3.89. The molecule has 2 unspecified atom stereocenters. The Labute approximate surface area is 150 Å². The first-order valence-corrected chi connectivity index (χ1v) is 9.55. The van der Waals surface area contributed by atoms with Gasteiger partial charge < -0.3 is 15.5 Å². The van der Waals surface area contributed by atoms with E-state index in [1.807, 2.05) is 35.2 Å². The van der Waals surface area contributed by atoms with Crippen molar-refractivity contribution in [1.82, 2.24) is 10.2 Å². The average molecular weight is 343 g/mol. The number of piperidine rings is 1. The highest BCUT2D eigenvalue weighted by Crippen LogP contribution is 2.25. The predicted molar refractivity (Wildman–Crippen MR) is 99.3 cm³/mol. The van der Waals surface area contributed by atoms with Gasteiger partial charge in [0.2, 0.25) is 5.91 Å². The Morgan fingerprint density at radius 2 is 1.68 bits per heavy atom. The summed E-state index contributed by atoms with van der Waals surface area (Å²) < 4.78 is 0. The van der Waals surface area contributed by atoms with E-state index in [-0.39, 0.29) is 17.9 Å². The summed E-state index contributed by atoms with van der Waals surface area (Å²) in [5.74, 6) is 0.608. The quantitative estimate of drug-likeness (QED) is 0.880. The van der Waals surface area contributed by atoms with E-state index in [0.717, 1.165) is 24.9 Å². The Hall–Kier alpha value is -2.04. The van der Waals surface area contributed by atoms with Crippen LogP contribution in [0.15, 0.2) is 30.3 Å². The first-order chi connectivity index (χ1) is 12.1. The zero-order valence-electron chi connectivity index (χ0n) is 15.0. The maximum Gasteiger partial charge on any atom is 0.317 e. The van der Waals surface area contributed by atoms with Gasteiger partial charge in [-0.3, -0.25) is 4.79 Å². The molecule has 1 aromatic carbocycles. The third-order valence-electron chi connectivity index (χ3n) is 5.61. The zero-order valence-corrected chi connectivity index (χ0v) is 15.0. The summed E-state index contributed by atoms with van der Waals surface area (Å²) >= 11 is 0. The van der Waals surface area contributed by atoms with Crippen LogP contribution in [0.2, 0.25) is 0 Å². The Bertz CT molecular complexity index is 582. The summed E-state index contributed by atoms with van der Waals surface area (Å²) in [7, 11) is 0. The second kappa shape index (κ2) is 8.37. The molecule has 2 fully saturated rings. The predicted octanol–water partition coefficient (Wildman–Crippen LogP) is 3.63. The van der Waals surface area contributed by atoms with Gasteiger partial charge in [0.15, 0.2) is 0 Å². The highest BCUT2D eigenvalue weighted by Gasteiger charge is 2.29. The highest BCUT2D eigenvalue weighted by molar-refractivity contribution is 5.92. The number of carbonyl (C=O) groups is 2. The van der Waals surface area contributed by atoms with E-state index >= 15 is 0 Å². The Kier molecular flexibility index (Phi) is 5.95. The van der Waals surface area contributed by atoms with Gasteiger partial charge in [-0.1, -0.05) is 38.0 Å². The van der Waals surface area contributed by atoms with Crippen LogP contribution in [0, 0.1) is 11.8 Å². The van der Waals surface area contributed by atoms with Crippen molar-refractivity contribution in [2.75, 3.05) is 18.4 Å². The van der Waals surface area contributed by atoms with Gasteiger partial charge in [-0.2, -0.15) is 0 Å². The molecular weight excluding hydrogens is 314 g/mol. The summed E-state index contributed by atoms with van der Waals surface area (Å²) in [6, 6.07) is 9.89. The lowest BCUT2D eigenvalue weighted by Crippen LogP contribution is -2.50. The molecule has 0 spiro atoms. The Morgan fingerprint density at radius 3 is 2.36 bits per heavy atom. The first kappa shape index (κ1) is 17.8. The van der Waals surface area contributed by atoms with Crippen molar-refractivity contribution >= 4 is 17.6 Å². The van der Waals surface area contributed by atoms with Crippen molar-refractivity contribution in [3.63, 3.8) is 0 Å². The third-order valence-corrected chi connectivity index (χ3v) is 5.61. The largest absolute Gasteiger partial charge is 0.335 e. The number of benzene rings is 1. The van der Waals surface area contributed by atoms with Crippen LogP contribution in [0.3, 0.4) is 0 Å². The molecule has 1 aromatic rings. The molecule has 3 rings (SSSR count). The fourth-order valence-corrected chi connectivity index (χ4v) is 3.89. The van der Waals surface area contributed by atoms with Crippen molar-refractivity contribution in [1.29, 1.82) is 0 Å². The second-order valence-corrected chi connectivity index (χ2v) is 7.43. The van der Waals surface area contributed by atoms with Crippen LogP contribution in [-0.4, -0.2) is 36.0 Å². The molecule has 0 bridgehead atoms. The maximum absolute atomic E-state index is 12.5. The molecule has 2 atom stereocenters. The van der Waals surface area contributed by atoms with Gasteiger partial charge in [0.1, 0.15) is 0 Å². The molecule has 0 aromatic heterocycles. The van der Waals surface area contributed by atoms with Crippen LogP contribution < -0.4 is 10.6 Å². The smallest absolute Gasteiger partial charge is 0.317 e. The first-order valence-electron chi connectivity index (χ1n) is 9.55. The molecule has 0 radical (unpaired) electrons. The number of likely N-dealkylation sites (tertiary alicyclic amines) is 1. The molecule has 1 heterocycles. The molecule has 3 amide bonds. The number of amides is 3. The van der Waals surface area contributed by atoms with Gasteiger partial charge in [0, 0.05) is 30.7 Å². The van der Waals surface area contributed by atoms with E-state index in [1.165, 1.54) is 19.3 Å². The molecule has 136 valence electrons. The Balaban J connectivity index is 1.44. The molecule has 25 heavy (non-hydrogen) atoms. The summed E-state index contributed by atoms with van der Waals surface area (Å²) in [4.78, 5) is 26.7. The van der Waals surface area contributed by atoms with E-state index in [9.17, 15) is 9.59 Å². The molecule has 5 nitrogen and oxygen atoms in total.